The first kappa shape index (κ1) is 17.4. The number of hydrogen-bond acceptors (Lipinski definition) is 6. The molecular formula is C14H19N3O5S. The molecule has 1 aliphatic heterocycles. The Morgan fingerprint density at radius 1 is 1.35 bits per heavy atom. The molecule has 9 heteroatoms. The number of fused-ring (bicyclic) bond motifs is 1. The molecule has 2 heterocycles. The average Bonchev–Trinajstić information content (AvgIpc) is 2.80. The van der Waals surface area contributed by atoms with Crippen molar-refractivity contribution in [3.05, 3.63) is 16.0 Å². The molecule has 0 bridgehead atoms. The third-order valence-corrected chi connectivity index (χ3v) is 4.49. The molecule has 5 N–H and O–H groups in total. The van der Waals surface area contributed by atoms with Gasteiger partial charge in [0.1, 0.15) is 5.00 Å². The summed E-state index contributed by atoms with van der Waals surface area (Å²) < 4.78 is 5.68. The number of carbonyl (C=O) groups is 3. The summed E-state index contributed by atoms with van der Waals surface area (Å²) in [6, 6.07) is 0. The number of aliphatic hydroxyl groups is 1. The van der Waals surface area contributed by atoms with Crippen LogP contribution in [0.4, 0.5) is 5.00 Å². The number of ether oxygens (including phenoxy) is 1. The predicted octanol–water partition coefficient (Wildman–Crippen LogP) is -0.255. The lowest BCUT2D eigenvalue weighted by Crippen LogP contribution is -2.37. The van der Waals surface area contributed by atoms with Crippen molar-refractivity contribution in [2.75, 3.05) is 18.5 Å². The second-order valence-electron chi connectivity index (χ2n) is 5.73. The van der Waals surface area contributed by atoms with Gasteiger partial charge in [-0.1, -0.05) is 0 Å². The molecule has 8 nitrogen and oxygen atoms in total. The summed E-state index contributed by atoms with van der Waals surface area (Å²) in [6.07, 6.45) is 0.490. The van der Waals surface area contributed by atoms with Crippen molar-refractivity contribution < 1.29 is 24.2 Å². The summed E-state index contributed by atoms with van der Waals surface area (Å²) in [5.74, 6) is -2.47. The van der Waals surface area contributed by atoms with Crippen LogP contribution in [-0.4, -0.2) is 41.6 Å². The smallest absolute Gasteiger partial charge is 0.314 e. The number of amides is 3. The minimum absolute atomic E-state index is 0.0299. The van der Waals surface area contributed by atoms with Crippen molar-refractivity contribution in [2.45, 2.75) is 32.5 Å². The van der Waals surface area contributed by atoms with Gasteiger partial charge in [-0.3, -0.25) is 14.4 Å². The molecule has 2 rings (SSSR count). The zero-order valence-corrected chi connectivity index (χ0v) is 13.7. The second kappa shape index (κ2) is 6.65. The van der Waals surface area contributed by atoms with Crippen molar-refractivity contribution in [1.29, 1.82) is 0 Å². The van der Waals surface area contributed by atoms with Crippen molar-refractivity contribution in [3.8, 4) is 0 Å². The zero-order valence-electron chi connectivity index (χ0n) is 12.9. The highest BCUT2D eigenvalue weighted by Gasteiger charge is 2.33. The van der Waals surface area contributed by atoms with Gasteiger partial charge in [0.05, 0.1) is 24.4 Å². The first-order valence-corrected chi connectivity index (χ1v) is 7.85. The molecule has 0 unspecified atom stereocenters. The van der Waals surface area contributed by atoms with Gasteiger partial charge in [0.15, 0.2) is 0 Å². The number of anilines is 1. The van der Waals surface area contributed by atoms with Crippen LogP contribution in [0.25, 0.3) is 0 Å². The molecule has 0 atom stereocenters. The standard InChI is InChI=1S/C14H19N3O5S/c1-14(2)5-7-8(6-22-14)23-13(9(7)10(15)19)17-12(21)11(20)16-3-4-18/h18H,3-6H2,1-2H3,(H2,15,19)(H,16,20)(H,17,21). The number of nitrogens with two attached hydrogens (primary N) is 1. The number of carbonyl (C=O) groups excluding carboxylic acids is 3. The Morgan fingerprint density at radius 3 is 2.65 bits per heavy atom. The molecule has 1 aliphatic rings. The molecular weight excluding hydrogens is 322 g/mol. The Bertz CT molecular complexity index is 653. The van der Waals surface area contributed by atoms with Gasteiger partial charge in [0.25, 0.3) is 5.91 Å². The van der Waals surface area contributed by atoms with Crippen molar-refractivity contribution in [1.82, 2.24) is 5.32 Å². The summed E-state index contributed by atoms with van der Waals surface area (Å²) in [7, 11) is 0. The van der Waals surface area contributed by atoms with Crippen LogP contribution >= 0.6 is 11.3 Å². The molecule has 1 aromatic rings. The van der Waals surface area contributed by atoms with Gasteiger partial charge in [0, 0.05) is 17.8 Å². The Morgan fingerprint density at radius 2 is 2.04 bits per heavy atom. The number of aliphatic hydroxyl groups excluding tert-OH is 1. The number of hydrogen-bond donors (Lipinski definition) is 4. The number of rotatable bonds is 4. The third kappa shape index (κ3) is 3.87. The Labute approximate surface area is 137 Å². The first-order valence-electron chi connectivity index (χ1n) is 7.03. The minimum Gasteiger partial charge on any atom is -0.395 e. The van der Waals surface area contributed by atoms with E-state index in [2.05, 4.69) is 10.6 Å². The first-order chi connectivity index (χ1) is 10.7. The lowest BCUT2D eigenvalue weighted by atomic mass is 9.93. The molecule has 0 saturated heterocycles. The van der Waals surface area contributed by atoms with E-state index in [9.17, 15) is 14.4 Å². The largest absolute Gasteiger partial charge is 0.395 e. The Hall–Kier alpha value is -1.97. The van der Waals surface area contributed by atoms with Crippen LogP contribution in [0.2, 0.25) is 0 Å². The van der Waals surface area contributed by atoms with Gasteiger partial charge in [-0.2, -0.15) is 0 Å². The van der Waals surface area contributed by atoms with Gasteiger partial charge in [-0.05, 0) is 19.4 Å². The SMILES string of the molecule is CC1(C)Cc2c(sc(NC(=O)C(=O)NCCO)c2C(N)=O)CO1. The molecule has 23 heavy (non-hydrogen) atoms. The molecule has 0 spiro atoms. The van der Waals surface area contributed by atoms with Crippen LogP contribution in [0.5, 0.6) is 0 Å². The van der Waals surface area contributed by atoms with Crippen molar-refractivity contribution in [2.24, 2.45) is 5.73 Å². The fourth-order valence-corrected chi connectivity index (χ4v) is 3.44. The van der Waals surface area contributed by atoms with Crippen LogP contribution in [0.15, 0.2) is 0 Å². The maximum Gasteiger partial charge on any atom is 0.314 e. The number of nitrogens with one attached hydrogen (secondary N) is 2. The fourth-order valence-electron chi connectivity index (χ4n) is 2.31. The van der Waals surface area contributed by atoms with E-state index in [-0.39, 0.29) is 23.7 Å². The van der Waals surface area contributed by atoms with E-state index in [0.29, 0.717) is 13.0 Å². The highest BCUT2D eigenvalue weighted by molar-refractivity contribution is 7.17. The van der Waals surface area contributed by atoms with E-state index < -0.39 is 23.3 Å². The molecule has 0 aromatic carbocycles. The van der Waals surface area contributed by atoms with E-state index >= 15 is 0 Å². The van der Waals surface area contributed by atoms with E-state index in [1.165, 1.54) is 11.3 Å². The van der Waals surface area contributed by atoms with E-state index in [1.54, 1.807) is 0 Å². The van der Waals surface area contributed by atoms with Gasteiger partial charge in [0.2, 0.25) is 0 Å². The van der Waals surface area contributed by atoms with Crippen LogP contribution in [0, 0.1) is 0 Å². The summed E-state index contributed by atoms with van der Waals surface area (Å²) in [5.41, 5.74) is 5.99. The van der Waals surface area contributed by atoms with E-state index in [4.69, 9.17) is 15.6 Å². The highest BCUT2D eigenvalue weighted by atomic mass is 32.1. The van der Waals surface area contributed by atoms with E-state index in [1.807, 2.05) is 13.8 Å². The molecule has 0 fully saturated rings. The summed E-state index contributed by atoms with van der Waals surface area (Å²) in [6.45, 7) is 3.82. The van der Waals surface area contributed by atoms with Gasteiger partial charge >= 0.3 is 11.8 Å². The van der Waals surface area contributed by atoms with Crippen LogP contribution < -0.4 is 16.4 Å². The minimum atomic E-state index is -0.917. The van der Waals surface area contributed by atoms with Crippen LogP contribution in [0.1, 0.15) is 34.6 Å². The average molecular weight is 341 g/mol. The molecule has 1 aromatic heterocycles. The highest BCUT2D eigenvalue weighted by Crippen LogP contribution is 2.40. The lowest BCUT2D eigenvalue weighted by Gasteiger charge is -2.30. The predicted molar refractivity (Wildman–Crippen MR) is 84.1 cm³/mol. The quantitative estimate of drug-likeness (QED) is 0.561. The lowest BCUT2D eigenvalue weighted by molar-refractivity contribution is -0.136. The number of primary amides is 1. The van der Waals surface area contributed by atoms with Crippen LogP contribution in [-0.2, 0) is 27.4 Å². The van der Waals surface area contributed by atoms with Crippen molar-refractivity contribution in [3.63, 3.8) is 0 Å². The maximum absolute atomic E-state index is 11.9. The molecule has 0 aliphatic carbocycles. The van der Waals surface area contributed by atoms with Gasteiger partial charge in [-0.25, -0.2) is 0 Å². The Balaban J connectivity index is 2.26. The Kier molecular flexibility index (Phi) is 5.03. The summed E-state index contributed by atoms with van der Waals surface area (Å²) in [4.78, 5) is 36.0. The monoisotopic (exact) mass is 341 g/mol. The van der Waals surface area contributed by atoms with Gasteiger partial charge in [-0.15, -0.1) is 11.3 Å². The molecule has 0 radical (unpaired) electrons. The fraction of sp³-hybridized carbons (Fsp3) is 0.500. The normalized spacial score (nSPS) is 15.6. The molecule has 3 amide bonds. The van der Waals surface area contributed by atoms with Gasteiger partial charge < -0.3 is 26.2 Å². The van der Waals surface area contributed by atoms with Crippen molar-refractivity contribution >= 4 is 34.1 Å². The molecule has 126 valence electrons. The molecule has 0 saturated carbocycles. The number of thiophene rings is 1. The zero-order chi connectivity index (χ0) is 17.2. The summed E-state index contributed by atoms with van der Waals surface area (Å²) in [5, 5.41) is 13.5. The van der Waals surface area contributed by atoms with Crippen LogP contribution in [0.3, 0.4) is 0 Å². The summed E-state index contributed by atoms with van der Waals surface area (Å²) >= 11 is 1.17. The topological polar surface area (TPSA) is 131 Å². The maximum atomic E-state index is 11.9. The van der Waals surface area contributed by atoms with E-state index in [0.717, 1.165) is 10.4 Å². The second-order valence-corrected chi connectivity index (χ2v) is 6.84. The third-order valence-electron chi connectivity index (χ3n) is 3.36.